The number of methoxy groups -OCH3 is 1. The van der Waals surface area contributed by atoms with E-state index in [4.69, 9.17) is 0 Å². The van der Waals surface area contributed by atoms with E-state index in [1.165, 1.54) is 19.2 Å². The first-order valence-corrected chi connectivity index (χ1v) is 7.89. The Morgan fingerprint density at radius 1 is 0.806 bits per heavy atom. The first-order chi connectivity index (χ1) is 13.9. The Labute approximate surface area is 167 Å². The second-order valence-corrected chi connectivity index (χ2v) is 5.89. The van der Waals surface area contributed by atoms with E-state index in [1.54, 1.807) is 0 Å². The molecule has 1 aromatic rings. The van der Waals surface area contributed by atoms with Gasteiger partial charge in [-0.3, -0.25) is 0 Å². The Balaban J connectivity index is 0.000000343. The fourth-order valence-corrected chi connectivity index (χ4v) is 2.16. The Kier molecular flexibility index (Phi) is 7.90. The van der Waals surface area contributed by atoms with Gasteiger partial charge < -0.3 is 4.74 Å². The van der Waals surface area contributed by atoms with E-state index in [2.05, 4.69) is 4.74 Å². The summed E-state index contributed by atoms with van der Waals surface area (Å²) in [6.45, 7) is 0.509. The summed E-state index contributed by atoms with van der Waals surface area (Å²) in [5, 5.41) is 0. The molecule has 1 aromatic carbocycles. The molecule has 1 nitrogen and oxygen atoms in total. The maximum absolute atomic E-state index is 13.3. The molecule has 0 heterocycles. The maximum Gasteiger partial charge on any atom is 0.422 e. The van der Waals surface area contributed by atoms with Gasteiger partial charge in [-0.15, -0.1) is 0 Å². The molecule has 13 heteroatoms. The molecule has 0 spiro atoms. The van der Waals surface area contributed by atoms with Crippen molar-refractivity contribution in [3.8, 4) is 5.75 Å². The molecule has 0 bridgehead atoms. The van der Waals surface area contributed by atoms with E-state index in [0.29, 0.717) is 6.92 Å². The van der Waals surface area contributed by atoms with E-state index >= 15 is 0 Å². The fourth-order valence-electron chi connectivity index (χ4n) is 2.16. The molecule has 1 atom stereocenters. The lowest BCUT2D eigenvalue weighted by Gasteiger charge is -2.14. The molecule has 174 valence electrons. The predicted octanol–water partition coefficient (Wildman–Crippen LogP) is 7.57. The van der Waals surface area contributed by atoms with Gasteiger partial charge in [0.15, 0.2) is 0 Å². The minimum Gasteiger partial charge on any atom is -0.497 e. The lowest BCUT2D eigenvalue weighted by atomic mass is 10.1. The molecule has 0 saturated carbocycles. The molecule has 1 unspecified atom stereocenters. The van der Waals surface area contributed by atoms with Crippen LogP contribution in [0.2, 0.25) is 0 Å². The highest BCUT2D eigenvalue weighted by molar-refractivity contribution is 5.49. The van der Waals surface area contributed by atoms with Crippen molar-refractivity contribution in [3.63, 3.8) is 0 Å². The third-order valence-corrected chi connectivity index (χ3v) is 3.73. The van der Waals surface area contributed by atoms with Crippen molar-refractivity contribution >= 4 is 0 Å². The van der Waals surface area contributed by atoms with Crippen LogP contribution in [0.3, 0.4) is 0 Å². The first-order valence-electron chi connectivity index (χ1n) is 7.89. The average Bonchev–Trinajstić information content (AvgIpc) is 2.70. The second-order valence-electron chi connectivity index (χ2n) is 5.89. The van der Waals surface area contributed by atoms with E-state index in [-0.39, 0.29) is 5.75 Å². The number of alkyl halides is 10. The molecule has 0 saturated heterocycles. The van der Waals surface area contributed by atoms with Crippen LogP contribution < -0.4 is 4.74 Å². The third-order valence-electron chi connectivity index (χ3n) is 3.73. The number of hydrogen-bond donors (Lipinski definition) is 0. The lowest BCUT2D eigenvalue weighted by Crippen LogP contribution is -2.19. The van der Waals surface area contributed by atoms with Gasteiger partial charge >= 0.3 is 18.5 Å². The van der Waals surface area contributed by atoms with Gasteiger partial charge in [-0.1, -0.05) is 6.07 Å². The zero-order valence-corrected chi connectivity index (χ0v) is 15.4. The van der Waals surface area contributed by atoms with E-state index < -0.39 is 64.7 Å². The molecule has 31 heavy (non-hydrogen) atoms. The van der Waals surface area contributed by atoms with Crippen LogP contribution in [-0.2, 0) is 6.18 Å². The summed E-state index contributed by atoms with van der Waals surface area (Å²) in [6, 6.07) is 4.74. The molecule has 0 aliphatic heterocycles. The highest BCUT2D eigenvalue weighted by Crippen LogP contribution is 2.45. The normalized spacial score (nSPS) is 18.3. The number of allylic oxidation sites excluding steroid dienone is 6. The van der Waals surface area contributed by atoms with Gasteiger partial charge in [-0.2, -0.15) is 39.5 Å². The number of hydrogen-bond acceptors (Lipinski definition) is 1. The fraction of sp³-hybridized carbons (Fsp3) is 0.333. The Hall–Kier alpha value is -2.60. The third kappa shape index (κ3) is 6.69. The van der Waals surface area contributed by atoms with Gasteiger partial charge in [-0.05, 0) is 31.2 Å². The van der Waals surface area contributed by atoms with Crippen LogP contribution in [0.4, 0.5) is 52.7 Å². The number of ether oxygens (including phenoxy) is 1. The SMILES string of the molecule is CC1=C(F)C(C(F)(F)F)=C(F)C(C(F)(F)F)=CC1F.COc1cccc(C(F)(F)F)c1. The summed E-state index contributed by atoms with van der Waals surface area (Å²) < 4.78 is 155. The monoisotopic (exact) mass is 472 g/mol. The van der Waals surface area contributed by atoms with Gasteiger partial charge in [-0.25, -0.2) is 13.2 Å². The van der Waals surface area contributed by atoms with Crippen LogP contribution in [0.15, 0.2) is 58.7 Å². The highest BCUT2D eigenvalue weighted by atomic mass is 19.4. The standard InChI is InChI=1S/C10H5F9.C8H7F3O/c1-3-5(11)2-4(9(14,15)16)8(13)6(7(3)12)10(17,18)19;1-12-7-4-2-3-6(5-7)8(9,10)11/h2,5H,1H3;2-5H,1H3. The molecular weight excluding hydrogens is 460 g/mol. The van der Waals surface area contributed by atoms with E-state index in [9.17, 15) is 52.7 Å². The molecule has 0 radical (unpaired) electrons. The molecule has 1 aliphatic rings. The van der Waals surface area contributed by atoms with Crippen LogP contribution in [0.25, 0.3) is 0 Å². The lowest BCUT2D eigenvalue weighted by molar-refractivity contribution is -0.137. The van der Waals surface area contributed by atoms with Gasteiger partial charge in [0, 0.05) is 5.57 Å². The minimum atomic E-state index is -5.72. The molecule has 0 N–H and O–H groups in total. The van der Waals surface area contributed by atoms with Crippen molar-refractivity contribution in [3.05, 3.63) is 64.3 Å². The van der Waals surface area contributed by atoms with Gasteiger partial charge in [0.2, 0.25) is 0 Å². The maximum atomic E-state index is 13.3. The molecule has 2 rings (SSSR count). The summed E-state index contributed by atoms with van der Waals surface area (Å²) in [4.78, 5) is 0. The largest absolute Gasteiger partial charge is 0.497 e. The number of halogens is 12. The first kappa shape index (κ1) is 26.4. The highest BCUT2D eigenvalue weighted by Gasteiger charge is 2.48. The van der Waals surface area contributed by atoms with E-state index in [0.717, 1.165) is 12.1 Å². The van der Waals surface area contributed by atoms with Crippen LogP contribution in [0, 0.1) is 0 Å². The topological polar surface area (TPSA) is 9.23 Å². The summed E-state index contributed by atoms with van der Waals surface area (Å²) in [7, 11) is 1.33. The molecule has 0 fully saturated rings. The zero-order chi connectivity index (χ0) is 24.4. The van der Waals surface area contributed by atoms with Crippen molar-refractivity contribution in [2.75, 3.05) is 7.11 Å². The summed E-state index contributed by atoms with van der Waals surface area (Å²) in [5.41, 5.74) is -7.21. The molecule has 0 aromatic heterocycles. The van der Waals surface area contributed by atoms with Crippen LogP contribution in [-0.4, -0.2) is 25.6 Å². The molecular formula is C18H12F12O. The van der Waals surface area contributed by atoms with Crippen LogP contribution in [0.1, 0.15) is 12.5 Å². The van der Waals surface area contributed by atoms with Gasteiger partial charge in [0.05, 0.1) is 18.2 Å². The van der Waals surface area contributed by atoms with Crippen LogP contribution >= 0.6 is 0 Å². The number of benzene rings is 1. The van der Waals surface area contributed by atoms with Crippen molar-refractivity contribution < 1.29 is 57.4 Å². The Morgan fingerprint density at radius 3 is 1.77 bits per heavy atom. The summed E-state index contributed by atoms with van der Waals surface area (Å²) in [5.74, 6) is -5.05. The second kappa shape index (κ2) is 9.27. The zero-order valence-electron chi connectivity index (χ0n) is 15.4. The number of rotatable bonds is 1. The average molecular weight is 472 g/mol. The Morgan fingerprint density at radius 2 is 1.35 bits per heavy atom. The van der Waals surface area contributed by atoms with Crippen molar-refractivity contribution in [1.82, 2.24) is 0 Å². The van der Waals surface area contributed by atoms with Gasteiger partial charge in [0.25, 0.3) is 0 Å². The summed E-state index contributed by atoms with van der Waals surface area (Å²) in [6.07, 6.45) is -18.8. The van der Waals surface area contributed by atoms with Gasteiger partial charge in [0.1, 0.15) is 29.1 Å². The van der Waals surface area contributed by atoms with Crippen molar-refractivity contribution in [2.24, 2.45) is 0 Å². The quantitative estimate of drug-likeness (QED) is 0.383. The summed E-state index contributed by atoms with van der Waals surface area (Å²) >= 11 is 0. The minimum absolute atomic E-state index is 0.213. The Bertz CT molecular complexity index is 884. The molecule has 0 amide bonds. The van der Waals surface area contributed by atoms with Crippen LogP contribution in [0.5, 0.6) is 5.75 Å². The van der Waals surface area contributed by atoms with Crippen molar-refractivity contribution in [1.29, 1.82) is 0 Å². The molecule has 1 aliphatic carbocycles. The predicted molar refractivity (Wildman–Crippen MR) is 85.0 cm³/mol. The van der Waals surface area contributed by atoms with E-state index in [1.807, 2.05) is 0 Å². The smallest absolute Gasteiger partial charge is 0.422 e. The van der Waals surface area contributed by atoms with Crippen molar-refractivity contribution in [2.45, 2.75) is 31.6 Å².